The minimum absolute atomic E-state index is 0.0239. The summed E-state index contributed by atoms with van der Waals surface area (Å²) in [6, 6.07) is 0. The van der Waals surface area contributed by atoms with Gasteiger partial charge in [-0.15, -0.1) is 0 Å². The summed E-state index contributed by atoms with van der Waals surface area (Å²) in [5, 5.41) is 52.4. The van der Waals surface area contributed by atoms with Gasteiger partial charge in [-0.25, -0.2) is 0 Å². The van der Waals surface area contributed by atoms with Crippen molar-refractivity contribution in [3.05, 3.63) is 46.6 Å². The number of allylic oxidation sites excluding steroid dienone is 8. The Balaban J connectivity index is 2.04. The molecule has 44 heavy (non-hydrogen) atoms. The molecule has 0 spiro atoms. The molecule has 2 rings (SSSR count). The molecule has 2 heterocycles. The molecule has 254 valence electrons. The molecule has 0 aromatic heterocycles. The van der Waals surface area contributed by atoms with Gasteiger partial charge < -0.3 is 39.7 Å². The van der Waals surface area contributed by atoms with Crippen molar-refractivity contribution in [3.8, 4) is 0 Å². The molecule has 2 aliphatic heterocycles. The molecule has 0 radical (unpaired) electrons. The lowest BCUT2D eigenvalue weighted by Gasteiger charge is -2.43. The average molecular weight is 623 g/mol. The van der Waals surface area contributed by atoms with Crippen LogP contribution in [0.4, 0.5) is 0 Å². The molecule has 0 aromatic rings. The van der Waals surface area contributed by atoms with E-state index in [1.807, 2.05) is 0 Å². The van der Waals surface area contributed by atoms with Gasteiger partial charge in [-0.05, 0) is 120 Å². The minimum Gasteiger partial charge on any atom is -0.394 e. The fourth-order valence-electron chi connectivity index (χ4n) is 5.80. The first-order valence-electron chi connectivity index (χ1n) is 16.5. The maximum absolute atomic E-state index is 11.6. The zero-order valence-corrected chi connectivity index (χ0v) is 28.6. The second kappa shape index (κ2) is 18.1. The highest BCUT2D eigenvalue weighted by Gasteiger charge is 2.52. The van der Waals surface area contributed by atoms with Gasteiger partial charge in [0, 0.05) is 0 Å². The van der Waals surface area contributed by atoms with Crippen molar-refractivity contribution in [2.45, 2.75) is 174 Å². The zero-order chi connectivity index (χ0) is 33.1. The molecule has 0 amide bonds. The third-order valence-corrected chi connectivity index (χ3v) is 9.03. The normalized spacial score (nSPS) is 31.3. The minimum atomic E-state index is -1.54. The van der Waals surface area contributed by atoms with E-state index in [2.05, 4.69) is 72.8 Å². The molecular weight excluding hydrogens is 560 g/mol. The summed E-state index contributed by atoms with van der Waals surface area (Å²) in [7, 11) is 0. The predicted octanol–water partition coefficient (Wildman–Crippen LogP) is 5.81. The standard InChI is InChI=1S/C36H62O8/c1-24(2)13-9-15-26(5)17-11-21-35(7,41)29(43-34-33(40)32(39)31(38)28(23-37)42-34)19-20-30-36(8,44-30)22-12-18-27(6)16-10-14-25(3)4/h13-14,17-18,28-34,37-41H,9-12,15-16,19-23H2,1-8H3/b26-17+,27-18+/t28-,29?,30?,31-,32+,33+,34+,35?,36?/m1/s1. The van der Waals surface area contributed by atoms with Gasteiger partial charge in [-0.1, -0.05) is 46.6 Å². The largest absolute Gasteiger partial charge is 0.394 e. The maximum Gasteiger partial charge on any atom is 0.187 e. The van der Waals surface area contributed by atoms with Gasteiger partial charge >= 0.3 is 0 Å². The molecule has 2 saturated heterocycles. The summed E-state index contributed by atoms with van der Waals surface area (Å²) in [6.45, 7) is 16.0. The maximum atomic E-state index is 11.6. The molecule has 4 unspecified atom stereocenters. The van der Waals surface area contributed by atoms with Crippen molar-refractivity contribution >= 4 is 0 Å². The highest BCUT2D eigenvalue weighted by molar-refractivity contribution is 5.06. The van der Waals surface area contributed by atoms with E-state index in [-0.39, 0.29) is 11.7 Å². The number of rotatable bonds is 19. The third-order valence-electron chi connectivity index (χ3n) is 9.03. The van der Waals surface area contributed by atoms with Crippen LogP contribution in [0.2, 0.25) is 0 Å². The number of hydrogen-bond donors (Lipinski definition) is 5. The monoisotopic (exact) mass is 622 g/mol. The smallest absolute Gasteiger partial charge is 0.187 e. The highest BCUT2D eigenvalue weighted by Crippen LogP contribution is 2.44. The van der Waals surface area contributed by atoms with Crippen LogP contribution in [-0.4, -0.2) is 86.3 Å². The molecule has 0 bridgehead atoms. The van der Waals surface area contributed by atoms with Gasteiger partial charge in [-0.2, -0.15) is 0 Å². The Labute approximate surface area is 266 Å². The lowest BCUT2D eigenvalue weighted by molar-refractivity contribution is -0.323. The van der Waals surface area contributed by atoms with Gasteiger partial charge in [0.15, 0.2) is 6.29 Å². The van der Waals surface area contributed by atoms with Crippen LogP contribution in [0, 0.1) is 0 Å². The number of aliphatic hydroxyl groups excluding tert-OH is 4. The molecule has 8 heteroatoms. The molecule has 2 fully saturated rings. The number of epoxide rings is 1. The molecule has 0 aromatic carbocycles. The molecule has 9 atom stereocenters. The first-order valence-corrected chi connectivity index (χ1v) is 16.5. The Morgan fingerprint density at radius 2 is 1.41 bits per heavy atom. The van der Waals surface area contributed by atoms with E-state index in [9.17, 15) is 25.5 Å². The van der Waals surface area contributed by atoms with Crippen LogP contribution in [0.25, 0.3) is 0 Å². The zero-order valence-electron chi connectivity index (χ0n) is 28.6. The molecular formula is C36H62O8. The van der Waals surface area contributed by atoms with E-state index in [0.29, 0.717) is 25.7 Å². The summed E-state index contributed by atoms with van der Waals surface area (Å²) in [6.07, 6.45) is 9.35. The van der Waals surface area contributed by atoms with Crippen LogP contribution in [0.3, 0.4) is 0 Å². The van der Waals surface area contributed by atoms with Gasteiger partial charge in [0.25, 0.3) is 0 Å². The van der Waals surface area contributed by atoms with Gasteiger partial charge in [0.1, 0.15) is 24.4 Å². The van der Waals surface area contributed by atoms with E-state index in [1.165, 1.54) is 22.3 Å². The first kappa shape index (κ1) is 38.8. The van der Waals surface area contributed by atoms with Crippen molar-refractivity contribution in [2.75, 3.05) is 6.61 Å². The molecule has 8 nitrogen and oxygen atoms in total. The predicted molar refractivity (Wildman–Crippen MR) is 175 cm³/mol. The lowest BCUT2D eigenvalue weighted by Crippen LogP contribution is -2.60. The second-order valence-electron chi connectivity index (χ2n) is 14.0. The van der Waals surface area contributed by atoms with Crippen LogP contribution in [0.15, 0.2) is 46.6 Å². The Hall–Kier alpha value is -1.36. The Kier molecular flexibility index (Phi) is 16.0. The Morgan fingerprint density at radius 1 is 0.841 bits per heavy atom. The molecule has 5 N–H and O–H groups in total. The number of ether oxygens (including phenoxy) is 3. The summed E-state index contributed by atoms with van der Waals surface area (Å²) in [4.78, 5) is 0. The van der Waals surface area contributed by atoms with Crippen molar-refractivity contribution in [1.82, 2.24) is 0 Å². The van der Waals surface area contributed by atoms with E-state index < -0.39 is 49.0 Å². The fraction of sp³-hybridized carbons (Fsp3) is 0.778. The van der Waals surface area contributed by atoms with E-state index in [0.717, 1.165) is 38.5 Å². The summed E-state index contributed by atoms with van der Waals surface area (Å²) >= 11 is 0. The van der Waals surface area contributed by atoms with E-state index in [1.54, 1.807) is 6.92 Å². The van der Waals surface area contributed by atoms with E-state index >= 15 is 0 Å². The molecule has 0 aliphatic carbocycles. The van der Waals surface area contributed by atoms with Gasteiger partial charge in [0.2, 0.25) is 0 Å². The summed E-state index contributed by atoms with van der Waals surface area (Å²) in [5.74, 6) is 0. The molecule has 0 saturated carbocycles. The Morgan fingerprint density at radius 3 is 1.95 bits per heavy atom. The van der Waals surface area contributed by atoms with Gasteiger partial charge in [-0.3, -0.25) is 0 Å². The van der Waals surface area contributed by atoms with Crippen LogP contribution < -0.4 is 0 Å². The topological polar surface area (TPSA) is 132 Å². The van der Waals surface area contributed by atoms with E-state index in [4.69, 9.17) is 14.2 Å². The van der Waals surface area contributed by atoms with Crippen LogP contribution in [0.5, 0.6) is 0 Å². The van der Waals surface area contributed by atoms with Crippen LogP contribution in [0.1, 0.15) is 120 Å². The number of hydrogen-bond acceptors (Lipinski definition) is 8. The fourth-order valence-corrected chi connectivity index (χ4v) is 5.80. The van der Waals surface area contributed by atoms with Crippen LogP contribution >= 0.6 is 0 Å². The first-order chi connectivity index (χ1) is 20.6. The summed E-state index contributed by atoms with van der Waals surface area (Å²) < 4.78 is 17.9. The average Bonchev–Trinajstić information content (AvgIpc) is 3.59. The molecule has 2 aliphatic rings. The van der Waals surface area contributed by atoms with Crippen molar-refractivity contribution in [1.29, 1.82) is 0 Å². The van der Waals surface area contributed by atoms with Crippen molar-refractivity contribution in [3.63, 3.8) is 0 Å². The lowest BCUT2D eigenvalue weighted by atomic mass is 9.87. The number of aliphatic hydroxyl groups is 5. The van der Waals surface area contributed by atoms with Crippen molar-refractivity contribution in [2.24, 2.45) is 0 Å². The van der Waals surface area contributed by atoms with Gasteiger partial charge in [0.05, 0.1) is 30.0 Å². The quantitative estimate of drug-likeness (QED) is 0.0902. The summed E-state index contributed by atoms with van der Waals surface area (Å²) in [5.41, 5.74) is 3.77. The van der Waals surface area contributed by atoms with Crippen molar-refractivity contribution < 1.29 is 39.7 Å². The highest BCUT2D eigenvalue weighted by atomic mass is 16.7. The third kappa shape index (κ3) is 12.8. The Bertz CT molecular complexity index is 988. The van der Waals surface area contributed by atoms with Crippen LogP contribution in [-0.2, 0) is 14.2 Å². The SMILES string of the molecule is CC(C)=CCC/C(C)=C/CCC(C)(O)C(CCC1OC1(C)CC/C=C(\C)CCC=C(C)C)O[C@@H]1O[C@H](CO)[C@@H](O)[C@H](O)[C@@H]1O. The second-order valence-corrected chi connectivity index (χ2v) is 14.0.